The molecule has 0 fully saturated rings. The molecule has 0 aliphatic rings. The molecule has 0 unspecified atom stereocenters. The molecule has 1 N–H and O–H groups in total. The number of hydrogen-bond acceptors (Lipinski definition) is 6. The third kappa shape index (κ3) is 9.70. The van der Waals surface area contributed by atoms with Crippen molar-refractivity contribution in [2.24, 2.45) is 0 Å². The van der Waals surface area contributed by atoms with Crippen LogP contribution in [0.15, 0.2) is 48.7 Å². The SMILES string of the molecule is CCOC(=O)CCCn1ccc2cc(C[C@@H](C)NCCOc3ccccc3OCC(F)(F)F)cc(C(=O)N(C)C)c21. The van der Waals surface area contributed by atoms with Gasteiger partial charge in [0.25, 0.3) is 5.91 Å². The molecule has 0 spiro atoms. The normalized spacial score (nSPS) is 12.3. The molecule has 3 aromatic rings. The fraction of sp³-hybridized carbons (Fsp3) is 0.467. The Hall–Kier alpha value is -3.73. The van der Waals surface area contributed by atoms with Crippen molar-refractivity contribution in [2.45, 2.75) is 51.9 Å². The van der Waals surface area contributed by atoms with E-state index in [1.54, 1.807) is 44.1 Å². The molecular formula is C30H38F3N3O5. The van der Waals surface area contributed by atoms with Crippen LogP contribution in [0, 0.1) is 0 Å². The highest BCUT2D eigenvalue weighted by Gasteiger charge is 2.29. The standard InChI is InChI=1S/C30H38F3N3O5/c1-5-39-27(37)11-8-14-36-15-12-23-18-22(19-24(28(23)36)29(38)35(3)4)17-21(2)34-13-16-40-25-9-6-7-10-26(25)41-20-30(31,32)33/h6-7,9-10,12,15,18-19,21,34H,5,8,11,13-14,16-17,20H2,1-4H3/t21-/m1/s1. The van der Waals surface area contributed by atoms with E-state index in [9.17, 15) is 22.8 Å². The van der Waals surface area contributed by atoms with Gasteiger partial charge < -0.3 is 29.0 Å². The minimum absolute atomic E-state index is 0.0294. The number of rotatable bonds is 15. The van der Waals surface area contributed by atoms with E-state index in [1.165, 1.54) is 6.07 Å². The van der Waals surface area contributed by atoms with Crippen LogP contribution in [0.25, 0.3) is 10.9 Å². The van der Waals surface area contributed by atoms with Gasteiger partial charge in [-0.05, 0) is 62.6 Å². The summed E-state index contributed by atoms with van der Waals surface area (Å²) in [6.07, 6.45) is -0.954. The topological polar surface area (TPSA) is 82.0 Å². The van der Waals surface area contributed by atoms with Gasteiger partial charge in [0.15, 0.2) is 18.1 Å². The van der Waals surface area contributed by atoms with E-state index in [2.05, 4.69) is 11.4 Å². The van der Waals surface area contributed by atoms with Crippen molar-refractivity contribution in [3.8, 4) is 11.5 Å². The fourth-order valence-electron chi connectivity index (χ4n) is 4.49. The second kappa shape index (κ2) is 14.8. The predicted octanol–water partition coefficient (Wildman–Crippen LogP) is 5.23. The molecule has 0 radical (unpaired) electrons. The van der Waals surface area contributed by atoms with Crippen molar-refractivity contribution in [3.05, 3.63) is 59.8 Å². The summed E-state index contributed by atoms with van der Waals surface area (Å²) in [4.78, 5) is 26.4. The summed E-state index contributed by atoms with van der Waals surface area (Å²) < 4.78 is 55.1. The molecule has 1 heterocycles. The molecule has 224 valence electrons. The molecule has 0 aliphatic heterocycles. The van der Waals surface area contributed by atoms with Crippen molar-refractivity contribution in [2.75, 3.05) is 40.5 Å². The number of aryl methyl sites for hydroxylation is 1. The number of aromatic nitrogens is 1. The first-order valence-electron chi connectivity index (χ1n) is 13.6. The van der Waals surface area contributed by atoms with Crippen LogP contribution in [0.4, 0.5) is 13.2 Å². The molecule has 41 heavy (non-hydrogen) atoms. The van der Waals surface area contributed by atoms with E-state index in [1.807, 2.05) is 29.8 Å². The van der Waals surface area contributed by atoms with Gasteiger partial charge in [-0.3, -0.25) is 9.59 Å². The lowest BCUT2D eigenvalue weighted by Crippen LogP contribution is -2.32. The molecule has 8 nitrogen and oxygen atoms in total. The van der Waals surface area contributed by atoms with E-state index in [-0.39, 0.29) is 36.0 Å². The molecule has 0 aliphatic carbocycles. The quantitative estimate of drug-likeness (QED) is 0.197. The van der Waals surface area contributed by atoms with Gasteiger partial charge in [0, 0.05) is 51.2 Å². The Balaban J connectivity index is 1.62. The van der Waals surface area contributed by atoms with Crippen LogP contribution in [0.1, 0.15) is 42.6 Å². The monoisotopic (exact) mass is 577 g/mol. The second-order valence-electron chi connectivity index (χ2n) is 9.96. The lowest BCUT2D eigenvalue weighted by atomic mass is 10.0. The Labute approximate surface area is 238 Å². The largest absolute Gasteiger partial charge is 0.488 e. The van der Waals surface area contributed by atoms with Crippen molar-refractivity contribution in [1.29, 1.82) is 0 Å². The number of nitrogens with zero attached hydrogens (tertiary/aromatic N) is 2. The zero-order valence-electron chi connectivity index (χ0n) is 23.9. The molecule has 0 bridgehead atoms. The van der Waals surface area contributed by atoms with Crippen LogP contribution < -0.4 is 14.8 Å². The minimum atomic E-state index is -4.43. The van der Waals surface area contributed by atoms with Crippen LogP contribution in [0.3, 0.4) is 0 Å². The lowest BCUT2D eigenvalue weighted by molar-refractivity contribution is -0.153. The zero-order chi connectivity index (χ0) is 30.0. The predicted molar refractivity (Wildman–Crippen MR) is 150 cm³/mol. The molecule has 2 aromatic carbocycles. The van der Waals surface area contributed by atoms with Crippen LogP contribution in [-0.4, -0.2) is 74.0 Å². The highest BCUT2D eigenvalue weighted by atomic mass is 19.4. The number of esters is 1. The Kier molecular flexibility index (Phi) is 11.5. The maximum atomic E-state index is 13.1. The van der Waals surface area contributed by atoms with Gasteiger partial charge in [-0.25, -0.2) is 0 Å². The molecule has 3 rings (SSSR count). The van der Waals surface area contributed by atoms with Crippen molar-refractivity contribution in [1.82, 2.24) is 14.8 Å². The summed E-state index contributed by atoms with van der Waals surface area (Å²) in [6.45, 7) is 4.02. The highest BCUT2D eigenvalue weighted by molar-refractivity contribution is 6.06. The van der Waals surface area contributed by atoms with E-state index in [4.69, 9.17) is 14.2 Å². The fourth-order valence-corrected chi connectivity index (χ4v) is 4.49. The number of nitrogens with one attached hydrogen (secondary N) is 1. The first-order valence-corrected chi connectivity index (χ1v) is 13.6. The van der Waals surface area contributed by atoms with Gasteiger partial charge in [-0.15, -0.1) is 0 Å². The summed E-state index contributed by atoms with van der Waals surface area (Å²) in [5.41, 5.74) is 2.41. The summed E-state index contributed by atoms with van der Waals surface area (Å²) in [7, 11) is 3.43. The number of amides is 1. The van der Waals surface area contributed by atoms with E-state index >= 15 is 0 Å². The van der Waals surface area contributed by atoms with E-state index < -0.39 is 12.8 Å². The van der Waals surface area contributed by atoms with Gasteiger partial charge in [-0.1, -0.05) is 12.1 Å². The first kappa shape index (κ1) is 31.8. The average Bonchev–Trinajstić information content (AvgIpc) is 3.32. The number of carbonyl (C=O) groups is 2. The Morgan fingerprint density at radius 3 is 2.44 bits per heavy atom. The van der Waals surface area contributed by atoms with E-state index in [0.717, 1.165) is 16.5 Å². The molecule has 0 saturated heterocycles. The number of carbonyl (C=O) groups excluding carboxylic acids is 2. The number of hydrogen-bond donors (Lipinski definition) is 1. The number of benzene rings is 2. The number of para-hydroxylation sites is 2. The third-order valence-electron chi connectivity index (χ3n) is 6.28. The maximum absolute atomic E-state index is 13.1. The first-order chi connectivity index (χ1) is 19.5. The summed E-state index contributed by atoms with van der Waals surface area (Å²) >= 11 is 0. The van der Waals surface area contributed by atoms with Gasteiger partial charge in [0.05, 0.1) is 17.7 Å². The smallest absolute Gasteiger partial charge is 0.422 e. The number of alkyl halides is 3. The van der Waals surface area contributed by atoms with Gasteiger partial charge in [0.1, 0.15) is 6.61 Å². The number of ether oxygens (including phenoxy) is 3. The summed E-state index contributed by atoms with van der Waals surface area (Å²) in [6, 6.07) is 12.2. The second-order valence-corrected chi connectivity index (χ2v) is 9.96. The minimum Gasteiger partial charge on any atom is -0.488 e. The van der Waals surface area contributed by atoms with Crippen LogP contribution in [0.2, 0.25) is 0 Å². The molecular weight excluding hydrogens is 539 g/mol. The zero-order valence-corrected chi connectivity index (χ0v) is 23.9. The van der Waals surface area contributed by atoms with Gasteiger partial charge in [-0.2, -0.15) is 13.2 Å². The molecule has 1 amide bonds. The highest BCUT2D eigenvalue weighted by Crippen LogP contribution is 2.28. The van der Waals surface area contributed by atoms with E-state index in [0.29, 0.717) is 44.5 Å². The van der Waals surface area contributed by atoms with Crippen molar-refractivity contribution in [3.63, 3.8) is 0 Å². The van der Waals surface area contributed by atoms with Crippen LogP contribution in [0.5, 0.6) is 11.5 Å². The molecule has 11 heteroatoms. The third-order valence-corrected chi connectivity index (χ3v) is 6.28. The Morgan fingerprint density at radius 1 is 1.07 bits per heavy atom. The van der Waals surface area contributed by atoms with Crippen molar-refractivity contribution >= 4 is 22.8 Å². The Bertz CT molecular complexity index is 1310. The maximum Gasteiger partial charge on any atom is 0.422 e. The average molecular weight is 578 g/mol. The Morgan fingerprint density at radius 2 is 1.78 bits per heavy atom. The van der Waals surface area contributed by atoms with Crippen LogP contribution in [-0.2, 0) is 22.5 Å². The summed E-state index contributed by atoms with van der Waals surface area (Å²) in [5.74, 6) is -0.0586. The lowest BCUT2D eigenvalue weighted by Gasteiger charge is -2.18. The number of halogens is 3. The van der Waals surface area contributed by atoms with Crippen LogP contribution >= 0.6 is 0 Å². The summed E-state index contributed by atoms with van der Waals surface area (Å²) in [5, 5.41) is 4.30. The number of fused-ring (bicyclic) bond motifs is 1. The van der Waals surface area contributed by atoms with Gasteiger partial charge in [0.2, 0.25) is 0 Å². The van der Waals surface area contributed by atoms with Gasteiger partial charge >= 0.3 is 12.1 Å². The molecule has 0 saturated carbocycles. The molecule has 1 aromatic heterocycles. The van der Waals surface area contributed by atoms with Crippen molar-refractivity contribution < 1.29 is 37.0 Å². The molecule has 1 atom stereocenters.